The number of likely N-dealkylation sites (tertiary alicyclic amines) is 1. The third-order valence-corrected chi connectivity index (χ3v) is 4.08. The van der Waals surface area contributed by atoms with Crippen LogP contribution >= 0.6 is 0 Å². The van der Waals surface area contributed by atoms with Crippen molar-refractivity contribution in [3.05, 3.63) is 29.8 Å². The molecule has 0 bridgehead atoms. The number of rotatable bonds is 5. The Balaban J connectivity index is 1.73. The van der Waals surface area contributed by atoms with Gasteiger partial charge in [0, 0.05) is 32.5 Å². The Labute approximate surface area is 131 Å². The molecule has 5 heteroatoms. The Hall–Kier alpha value is -2.04. The van der Waals surface area contributed by atoms with E-state index in [-0.39, 0.29) is 17.9 Å². The van der Waals surface area contributed by atoms with E-state index in [1.807, 2.05) is 29.2 Å². The first-order valence-electron chi connectivity index (χ1n) is 7.76. The number of hydrogen-bond acceptors (Lipinski definition) is 3. The van der Waals surface area contributed by atoms with Gasteiger partial charge in [0.15, 0.2) is 0 Å². The van der Waals surface area contributed by atoms with Gasteiger partial charge in [0.1, 0.15) is 5.75 Å². The van der Waals surface area contributed by atoms with Crippen LogP contribution in [0.15, 0.2) is 24.3 Å². The molecule has 0 spiro atoms. The van der Waals surface area contributed by atoms with E-state index in [2.05, 4.69) is 5.32 Å². The molecule has 2 rings (SSSR count). The Morgan fingerprint density at radius 3 is 2.68 bits per heavy atom. The van der Waals surface area contributed by atoms with E-state index in [0.29, 0.717) is 12.8 Å². The lowest BCUT2D eigenvalue weighted by atomic mass is 10.0. The Morgan fingerprint density at radius 1 is 1.32 bits per heavy atom. The molecule has 5 nitrogen and oxygen atoms in total. The van der Waals surface area contributed by atoms with Gasteiger partial charge in [0.2, 0.25) is 11.8 Å². The molecule has 1 heterocycles. The van der Waals surface area contributed by atoms with Gasteiger partial charge in [-0.05, 0) is 37.0 Å². The summed E-state index contributed by atoms with van der Waals surface area (Å²) in [6, 6.07) is 7.98. The van der Waals surface area contributed by atoms with E-state index in [1.165, 1.54) is 0 Å². The van der Waals surface area contributed by atoms with Crippen molar-refractivity contribution < 1.29 is 14.3 Å². The summed E-state index contributed by atoms with van der Waals surface area (Å²) in [6.45, 7) is 3.05. The summed E-state index contributed by atoms with van der Waals surface area (Å²) >= 11 is 0. The molecule has 0 unspecified atom stereocenters. The lowest BCUT2D eigenvalue weighted by Gasteiger charge is -2.31. The van der Waals surface area contributed by atoms with Gasteiger partial charge in [-0.25, -0.2) is 0 Å². The van der Waals surface area contributed by atoms with Crippen molar-refractivity contribution in [2.24, 2.45) is 0 Å². The molecule has 1 aromatic rings. The van der Waals surface area contributed by atoms with Gasteiger partial charge in [-0.15, -0.1) is 0 Å². The molecule has 120 valence electrons. The molecule has 0 atom stereocenters. The number of aryl methyl sites for hydroxylation is 1. The number of nitrogens with one attached hydrogen (secondary N) is 1. The zero-order chi connectivity index (χ0) is 15.9. The molecule has 1 N–H and O–H groups in total. The molecule has 1 aliphatic rings. The molecule has 0 aromatic heterocycles. The highest BCUT2D eigenvalue weighted by molar-refractivity contribution is 5.76. The maximum absolute atomic E-state index is 12.0. The van der Waals surface area contributed by atoms with Crippen molar-refractivity contribution in [2.75, 3.05) is 20.2 Å². The molecular weight excluding hydrogens is 280 g/mol. The SMILES string of the molecule is COc1cccc(CCC(=O)NC2CCN(C(C)=O)CC2)c1. The Kier molecular flexibility index (Phi) is 5.81. The van der Waals surface area contributed by atoms with Gasteiger partial charge in [-0.2, -0.15) is 0 Å². The highest BCUT2D eigenvalue weighted by atomic mass is 16.5. The summed E-state index contributed by atoms with van der Waals surface area (Å²) in [5.74, 6) is 1.00. The van der Waals surface area contributed by atoms with Crippen LogP contribution in [-0.2, 0) is 16.0 Å². The van der Waals surface area contributed by atoms with Crippen molar-refractivity contribution in [2.45, 2.75) is 38.6 Å². The van der Waals surface area contributed by atoms with E-state index in [0.717, 1.165) is 37.2 Å². The third-order valence-electron chi connectivity index (χ3n) is 4.08. The first kappa shape index (κ1) is 16.3. The van der Waals surface area contributed by atoms with Gasteiger partial charge >= 0.3 is 0 Å². The van der Waals surface area contributed by atoms with Crippen LogP contribution in [0.1, 0.15) is 31.7 Å². The molecule has 1 saturated heterocycles. The maximum Gasteiger partial charge on any atom is 0.220 e. The van der Waals surface area contributed by atoms with Crippen molar-refractivity contribution in [3.8, 4) is 5.75 Å². The summed E-state index contributed by atoms with van der Waals surface area (Å²) in [6.07, 6.45) is 2.85. The quantitative estimate of drug-likeness (QED) is 0.901. The number of piperidine rings is 1. The molecule has 0 radical (unpaired) electrons. The Morgan fingerprint density at radius 2 is 2.05 bits per heavy atom. The molecule has 2 amide bonds. The van der Waals surface area contributed by atoms with Crippen LogP contribution in [0.2, 0.25) is 0 Å². The fraction of sp³-hybridized carbons (Fsp3) is 0.529. The van der Waals surface area contributed by atoms with Gasteiger partial charge in [0.25, 0.3) is 0 Å². The lowest BCUT2D eigenvalue weighted by Crippen LogP contribution is -2.46. The van der Waals surface area contributed by atoms with Crippen LogP contribution in [-0.4, -0.2) is 43.0 Å². The number of carbonyl (C=O) groups excluding carboxylic acids is 2. The van der Waals surface area contributed by atoms with Crippen LogP contribution in [0, 0.1) is 0 Å². The molecule has 1 fully saturated rings. The molecule has 1 aromatic carbocycles. The minimum Gasteiger partial charge on any atom is -0.497 e. The molecule has 0 aliphatic carbocycles. The monoisotopic (exact) mass is 304 g/mol. The zero-order valence-electron chi connectivity index (χ0n) is 13.3. The first-order chi connectivity index (χ1) is 10.6. The second-order valence-electron chi connectivity index (χ2n) is 5.70. The topological polar surface area (TPSA) is 58.6 Å². The van der Waals surface area contributed by atoms with Crippen LogP contribution in [0.5, 0.6) is 5.75 Å². The van der Waals surface area contributed by atoms with E-state index >= 15 is 0 Å². The predicted molar refractivity (Wildman–Crippen MR) is 84.7 cm³/mol. The number of nitrogens with zero attached hydrogens (tertiary/aromatic N) is 1. The molecule has 0 saturated carbocycles. The van der Waals surface area contributed by atoms with Crippen LogP contribution in [0.3, 0.4) is 0 Å². The van der Waals surface area contributed by atoms with E-state index in [1.54, 1.807) is 14.0 Å². The van der Waals surface area contributed by atoms with Crippen molar-refractivity contribution in [1.82, 2.24) is 10.2 Å². The second kappa shape index (κ2) is 7.82. The standard InChI is InChI=1S/C17H24N2O3/c1-13(20)19-10-8-15(9-11-19)18-17(21)7-6-14-4-3-5-16(12-14)22-2/h3-5,12,15H,6-11H2,1-2H3,(H,18,21). The number of benzene rings is 1. The van der Waals surface area contributed by atoms with Gasteiger partial charge in [-0.3, -0.25) is 9.59 Å². The summed E-state index contributed by atoms with van der Waals surface area (Å²) < 4.78 is 5.18. The number of ether oxygens (including phenoxy) is 1. The number of hydrogen-bond donors (Lipinski definition) is 1. The minimum absolute atomic E-state index is 0.0732. The zero-order valence-corrected chi connectivity index (χ0v) is 13.3. The van der Waals surface area contributed by atoms with Crippen LogP contribution < -0.4 is 10.1 Å². The van der Waals surface area contributed by atoms with Crippen LogP contribution in [0.4, 0.5) is 0 Å². The summed E-state index contributed by atoms with van der Waals surface area (Å²) in [5, 5.41) is 3.07. The first-order valence-corrected chi connectivity index (χ1v) is 7.76. The smallest absolute Gasteiger partial charge is 0.220 e. The molecule has 1 aliphatic heterocycles. The lowest BCUT2D eigenvalue weighted by molar-refractivity contribution is -0.130. The number of methoxy groups -OCH3 is 1. The summed E-state index contributed by atoms with van der Waals surface area (Å²) in [5.41, 5.74) is 1.10. The second-order valence-corrected chi connectivity index (χ2v) is 5.70. The van der Waals surface area contributed by atoms with E-state index in [4.69, 9.17) is 4.74 Å². The third kappa shape index (κ3) is 4.76. The molecular formula is C17H24N2O3. The van der Waals surface area contributed by atoms with Crippen LogP contribution in [0.25, 0.3) is 0 Å². The Bertz CT molecular complexity index is 522. The molecule has 22 heavy (non-hydrogen) atoms. The maximum atomic E-state index is 12.0. The largest absolute Gasteiger partial charge is 0.497 e. The van der Waals surface area contributed by atoms with Crippen molar-refractivity contribution >= 4 is 11.8 Å². The fourth-order valence-corrected chi connectivity index (χ4v) is 2.72. The highest BCUT2D eigenvalue weighted by Gasteiger charge is 2.21. The van der Waals surface area contributed by atoms with Gasteiger partial charge in [-0.1, -0.05) is 12.1 Å². The van der Waals surface area contributed by atoms with Gasteiger partial charge in [0.05, 0.1) is 7.11 Å². The minimum atomic E-state index is 0.0732. The summed E-state index contributed by atoms with van der Waals surface area (Å²) in [4.78, 5) is 25.1. The predicted octanol–water partition coefficient (Wildman–Crippen LogP) is 1.75. The van der Waals surface area contributed by atoms with E-state index in [9.17, 15) is 9.59 Å². The average molecular weight is 304 g/mol. The van der Waals surface area contributed by atoms with Gasteiger partial charge < -0.3 is 15.0 Å². The number of carbonyl (C=O) groups is 2. The summed E-state index contributed by atoms with van der Waals surface area (Å²) in [7, 11) is 1.64. The van der Waals surface area contributed by atoms with E-state index < -0.39 is 0 Å². The average Bonchev–Trinajstić information content (AvgIpc) is 2.53. The highest BCUT2D eigenvalue weighted by Crippen LogP contribution is 2.14. The number of amides is 2. The normalized spacial score (nSPS) is 15.5. The van der Waals surface area contributed by atoms with Crippen molar-refractivity contribution in [3.63, 3.8) is 0 Å². The fourth-order valence-electron chi connectivity index (χ4n) is 2.72. The van der Waals surface area contributed by atoms with Crippen molar-refractivity contribution in [1.29, 1.82) is 0 Å².